The Morgan fingerprint density at radius 2 is 1.77 bits per heavy atom. The molecular weight excluding hydrogens is 300 g/mol. The van der Waals surface area contributed by atoms with Gasteiger partial charge in [-0.1, -0.05) is 17.7 Å². The Morgan fingerprint density at radius 1 is 1.23 bits per heavy atom. The number of nitrogens with one attached hydrogen (secondary N) is 1. The first kappa shape index (κ1) is 18.1. The largest absolute Gasteiger partial charge is 0.459 e. The molecule has 120 valence electrons. The minimum absolute atomic E-state index is 0.0235. The van der Waals surface area contributed by atoms with Crippen molar-refractivity contribution in [1.29, 1.82) is 0 Å². The molecule has 1 amide bonds. The van der Waals surface area contributed by atoms with Gasteiger partial charge in [0.15, 0.2) is 5.11 Å². The Hall–Kier alpha value is -1.95. The van der Waals surface area contributed by atoms with Crippen LogP contribution in [0, 0.1) is 6.92 Å². The molecule has 5 nitrogen and oxygen atoms in total. The number of rotatable bonds is 3. The fourth-order valence-corrected chi connectivity index (χ4v) is 1.77. The van der Waals surface area contributed by atoms with Crippen LogP contribution in [0.5, 0.6) is 0 Å². The summed E-state index contributed by atoms with van der Waals surface area (Å²) in [6.45, 7) is 7.30. The van der Waals surface area contributed by atoms with Crippen LogP contribution in [0.1, 0.15) is 36.7 Å². The van der Waals surface area contributed by atoms with Crippen LogP contribution in [0.15, 0.2) is 24.3 Å². The number of hydrogen-bond acceptors (Lipinski definition) is 4. The normalized spacial score (nSPS) is 10.8. The molecule has 6 heteroatoms. The molecular formula is C16H22N2O3S. The lowest BCUT2D eigenvalue weighted by Gasteiger charge is -2.23. The summed E-state index contributed by atoms with van der Waals surface area (Å²) < 4.78 is 5.21. The van der Waals surface area contributed by atoms with Crippen LogP contribution in [0.25, 0.3) is 0 Å². The van der Waals surface area contributed by atoms with E-state index in [0.29, 0.717) is 5.56 Å². The first-order chi connectivity index (χ1) is 10.1. The smallest absolute Gasteiger partial charge is 0.326 e. The maximum atomic E-state index is 12.0. The van der Waals surface area contributed by atoms with Crippen molar-refractivity contribution in [2.75, 3.05) is 13.6 Å². The highest BCUT2D eigenvalue weighted by Gasteiger charge is 2.19. The third-order valence-corrected chi connectivity index (χ3v) is 3.08. The van der Waals surface area contributed by atoms with E-state index in [1.807, 2.05) is 19.1 Å². The van der Waals surface area contributed by atoms with Gasteiger partial charge in [-0.05, 0) is 52.0 Å². The molecule has 22 heavy (non-hydrogen) atoms. The zero-order valence-electron chi connectivity index (χ0n) is 13.6. The van der Waals surface area contributed by atoms with Gasteiger partial charge in [0.25, 0.3) is 5.91 Å². The average Bonchev–Trinajstić information content (AvgIpc) is 2.36. The molecule has 1 N–H and O–H groups in total. The number of carbonyl (C=O) groups is 2. The second-order valence-electron chi connectivity index (χ2n) is 6.07. The van der Waals surface area contributed by atoms with E-state index in [2.05, 4.69) is 5.32 Å². The van der Waals surface area contributed by atoms with Gasteiger partial charge in [-0.2, -0.15) is 0 Å². The van der Waals surface area contributed by atoms with Crippen LogP contribution in [-0.2, 0) is 9.53 Å². The quantitative estimate of drug-likeness (QED) is 0.683. The van der Waals surface area contributed by atoms with Crippen LogP contribution >= 0.6 is 12.2 Å². The zero-order chi connectivity index (χ0) is 16.9. The molecule has 0 saturated carbocycles. The number of benzene rings is 1. The minimum Gasteiger partial charge on any atom is -0.459 e. The summed E-state index contributed by atoms with van der Waals surface area (Å²) in [6, 6.07) is 7.15. The van der Waals surface area contributed by atoms with Gasteiger partial charge in [-0.25, -0.2) is 0 Å². The molecule has 0 radical (unpaired) electrons. The van der Waals surface area contributed by atoms with Gasteiger partial charge in [0.1, 0.15) is 12.1 Å². The summed E-state index contributed by atoms with van der Waals surface area (Å²) in [5.41, 5.74) is 1.03. The second-order valence-corrected chi connectivity index (χ2v) is 6.45. The lowest BCUT2D eigenvalue weighted by atomic mass is 10.1. The van der Waals surface area contributed by atoms with Gasteiger partial charge in [0.05, 0.1) is 0 Å². The number of esters is 1. The lowest BCUT2D eigenvalue weighted by Crippen LogP contribution is -2.43. The van der Waals surface area contributed by atoms with Crippen molar-refractivity contribution in [3.8, 4) is 0 Å². The first-order valence-corrected chi connectivity index (χ1v) is 7.34. The summed E-state index contributed by atoms with van der Waals surface area (Å²) in [7, 11) is 1.63. The van der Waals surface area contributed by atoms with Crippen molar-refractivity contribution >= 4 is 29.2 Å². The van der Waals surface area contributed by atoms with Crippen molar-refractivity contribution in [2.24, 2.45) is 0 Å². The number of nitrogens with zero attached hydrogens (tertiary/aromatic N) is 1. The van der Waals surface area contributed by atoms with Crippen molar-refractivity contribution in [1.82, 2.24) is 10.2 Å². The fourth-order valence-electron chi connectivity index (χ4n) is 1.61. The minimum atomic E-state index is -0.551. The number of carbonyl (C=O) groups excluding carboxylic acids is 2. The van der Waals surface area contributed by atoms with E-state index in [1.165, 1.54) is 4.90 Å². The van der Waals surface area contributed by atoms with Crippen LogP contribution in [0.3, 0.4) is 0 Å². The van der Waals surface area contributed by atoms with Crippen LogP contribution < -0.4 is 5.32 Å². The summed E-state index contributed by atoms with van der Waals surface area (Å²) in [5.74, 6) is -0.706. The summed E-state index contributed by atoms with van der Waals surface area (Å²) in [6.07, 6.45) is 0. The molecule has 1 aromatic carbocycles. The highest BCUT2D eigenvalue weighted by molar-refractivity contribution is 7.80. The molecule has 0 aromatic heterocycles. The van der Waals surface area contributed by atoms with Crippen molar-refractivity contribution in [3.63, 3.8) is 0 Å². The fraction of sp³-hybridized carbons (Fsp3) is 0.438. The Bertz CT molecular complexity index is 562. The topological polar surface area (TPSA) is 58.6 Å². The third-order valence-electron chi connectivity index (χ3n) is 2.67. The SMILES string of the molecule is Cc1ccc(C(=O)NC(=S)N(C)CC(=O)OC(C)(C)C)cc1. The predicted molar refractivity (Wildman–Crippen MR) is 89.7 cm³/mol. The summed E-state index contributed by atoms with van der Waals surface area (Å²) in [4.78, 5) is 25.2. The molecule has 0 spiro atoms. The highest BCUT2D eigenvalue weighted by atomic mass is 32.1. The molecule has 0 bridgehead atoms. The average molecular weight is 322 g/mol. The van der Waals surface area contributed by atoms with Crippen LogP contribution in [0.4, 0.5) is 0 Å². The van der Waals surface area contributed by atoms with Crippen LogP contribution in [0.2, 0.25) is 0 Å². The van der Waals surface area contributed by atoms with Crippen molar-refractivity contribution < 1.29 is 14.3 Å². The molecule has 1 rings (SSSR count). The van der Waals surface area contributed by atoms with E-state index >= 15 is 0 Å². The van der Waals surface area contributed by atoms with E-state index in [0.717, 1.165) is 5.56 Å². The number of hydrogen-bond donors (Lipinski definition) is 1. The molecule has 0 atom stereocenters. The molecule has 0 heterocycles. The maximum absolute atomic E-state index is 12.0. The molecule has 0 aliphatic heterocycles. The molecule has 0 fully saturated rings. The molecule has 0 aliphatic rings. The third kappa shape index (κ3) is 6.22. The Kier molecular flexibility index (Phi) is 6.05. The summed E-state index contributed by atoms with van der Waals surface area (Å²) in [5, 5.41) is 2.77. The Labute approximate surface area is 136 Å². The first-order valence-electron chi connectivity index (χ1n) is 6.93. The lowest BCUT2D eigenvalue weighted by molar-refractivity contribution is -0.154. The van der Waals surface area contributed by atoms with E-state index in [-0.39, 0.29) is 17.6 Å². The molecule has 0 aliphatic carbocycles. The van der Waals surface area contributed by atoms with E-state index in [4.69, 9.17) is 17.0 Å². The molecule has 0 saturated heterocycles. The standard InChI is InChI=1S/C16H22N2O3S/c1-11-6-8-12(9-7-11)14(20)17-15(22)18(5)10-13(19)21-16(2,3)4/h6-9H,10H2,1-5H3,(H,17,20,22). The van der Waals surface area contributed by atoms with E-state index in [1.54, 1.807) is 40.0 Å². The van der Waals surface area contributed by atoms with Crippen molar-refractivity contribution in [2.45, 2.75) is 33.3 Å². The van der Waals surface area contributed by atoms with E-state index in [9.17, 15) is 9.59 Å². The summed E-state index contributed by atoms with van der Waals surface area (Å²) >= 11 is 5.12. The predicted octanol–water partition coefficient (Wildman–Crippen LogP) is 2.28. The monoisotopic (exact) mass is 322 g/mol. The van der Waals surface area contributed by atoms with Gasteiger partial charge in [0, 0.05) is 12.6 Å². The van der Waals surface area contributed by atoms with E-state index < -0.39 is 11.6 Å². The van der Waals surface area contributed by atoms with Crippen molar-refractivity contribution in [3.05, 3.63) is 35.4 Å². The molecule has 1 aromatic rings. The van der Waals surface area contributed by atoms with Gasteiger partial charge in [-0.3, -0.25) is 14.9 Å². The number of likely N-dealkylation sites (N-methyl/N-ethyl adjacent to an activating group) is 1. The van der Waals surface area contributed by atoms with Gasteiger partial charge < -0.3 is 9.64 Å². The Morgan fingerprint density at radius 3 is 2.27 bits per heavy atom. The zero-order valence-corrected chi connectivity index (χ0v) is 14.4. The van der Waals surface area contributed by atoms with Gasteiger partial charge in [-0.15, -0.1) is 0 Å². The van der Waals surface area contributed by atoms with Gasteiger partial charge >= 0.3 is 5.97 Å². The number of aryl methyl sites for hydroxylation is 1. The van der Waals surface area contributed by atoms with Crippen LogP contribution in [-0.4, -0.2) is 41.1 Å². The Balaban J connectivity index is 2.55. The highest BCUT2D eigenvalue weighted by Crippen LogP contribution is 2.07. The second kappa shape index (κ2) is 7.35. The number of ether oxygens (including phenoxy) is 1. The maximum Gasteiger partial charge on any atom is 0.326 e. The van der Waals surface area contributed by atoms with Gasteiger partial charge in [0.2, 0.25) is 0 Å². The number of thiocarbonyl (C=S) groups is 1. The number of amides is 1. The molecule has 0 unspecified atom stereocenters.